The lowest BCUT2D eigenvalue weighted by molar-refractivity contribution is 0.867. The van der Waals surface area contributed by atoms with Crippen LogP contribution in [-0.2, 0) is 0 Å². The van der Waals surface area contributed by atoms with E-state index in [0.29, 0.717) is 11.6 Å². The number of nitrogens with zero attached hydrogens (tertiary/aromatic N) is 3. The minimum Gasteiger partial charge on any atom is -0.218 e. The maximum atomic E-state index is 8.85. The molecule has 2 rings (SSSR count). The first kappa shape index (κ1) is 12.5. The Labute approximate surface area is 111 Å². The van der Waals surface area contributed by atoms with Gasteiger partial charge in [0.1, 0.15) is 11.8 Å². The number of benzene rings is 1. The summed E-state index contributed by atoms with van der Waals surface area (Å²) in [7, 11) is 0. The van der Waals surface area contributed by atoms with Gasteiger partial charge in [-0.05, 0) is 23.1 Å². The third kappa shape index (κ3) is 2.66. The maximum absolute atomic E-state index is 8.85. The average molecular weight is 258 g/mol. The Morgan fingerprint density at radius 2 is 1.83 bits per heavy atom. The van der Waals surface area contributed by atoms with E-state index >= 15 is 0 Å². The van der Waals surface area contributed by atoms with Gasteiger partial charge in [0.05, 0.1) is 5.69 Å². The quantitative estimate of drug-likeness (QED) is 0.769. The van der Waals surface area contributed by atoms with Crippen LogP contribution < -0.4 is 0 Å². The normalized spacial score (nSPS) is 10.4. The second-order valence-electron chi connectivity index (χ2n) is 4.30. The van der Waals surface area contributed by atoms with Crippen LogP contribution in [0.4, 0.5) is 0 Å². The average Bonchev–Trinajstić information content (AvgIpc) is 2.38. The molecule has 90 valence electrons. The van der Waals surface area contributed by atoms with Crippen molar-refractivity contribution in [2.75, 3.05) is 0 Å². The topological polar surface area (TPSA) is 49.6 Å². The first-order valence-electron chi connectivity index (χ1n) is 5.65. The second-order valence-corrected chi connectivity index (χ2v) is 4.63. The molecule has 0 spiro atoms. The van der Waals surface area contributed by atoms with Crippen LogP contribution in [0.15, 0.2) is 30.3 Å². The Kier molecular flexibility index (Phi) is 3.59. The molecule has 4 heteroatoms. The highest BCUT2D eigenvalue weighted by Crippen LogP contribution is 2.22. The minimum atomic E-state index is 0.0944. The summed E-state index contributed by atoms with van der Waals surface area (Å²) in [4.78, 5) is 7.95. The van der Waals surface area contributed by atoms with Gasteiger partial charge in [0.25, 0.3) is 0 Å². The van der Waals surface area contributed by atoms with Crippen molar-refractivity contribution in [3.63, 3.8) is 0 Å². The molecule has 0 saturated carbocycles. The summed E-state index contributed by atoms with van der Waals surface area (Å²) in [5.41, 5.74) is 3.14. The molecular weight excluding hydrogens is 246 g/mol. The van der Waals surface area contributed by atoms with Crippen LogP contribution in [0.2, 0.25) is 5.28 Å². The van der Waals surface area contributed by atoms with Crippen LogP contribution in [0.25, 0.3) is 11.3 Å². The Morgan fingerprint density at radius 3 is 2.39 bits per heavy atom. The van der Waals surface area contributed by atoms with Crippen molar-refractivity contribution >= 4 is 11.6 Å². The first-order valence-corrected chi connectivity index (χ1v) is 6.03. The fourth-order valence-electron chi connectivity index (χ4n) is 1.66. The van der Waals surface area contributed by atoms with Gasteiger partial charge in [-0.15, -0.1) is 0 Å². The molecule has 0 atom stereocenters. The minimum absolute atomic E-state index is 0.0944. The van der Waals surface area contributed by atoms with Crippen LogP contribution >= 0.6 is 11.6 Å². The maximum Gasteiger partial charge on any atom is 0.224 e. The first-order chi connectivity index (χ1) is 8.60. The zero-order valence-electron chi connectivity index (χ0n) is 10.2. The van der Waals surface area contributed by atoms with Gasteiger partial charge in [-0.25, -0.2) is 9.97 Å². The van der Waals surface area contributed by atoms with E-state index in [1.807, 2.05) is 18.2 Å². The Morgan fingerprint density at radius 1 is 1.17 bits per heavy atom. The van der Waals surface area contributed by atoms with E-state index in [1.54, 1.807) is 6.07 Å². The molecule has 1 aromatic heterocycles. The number of halogens is 1. The molecule has 1 aromatic carbocycles. The van der Waals surface area contributed by atoms with E-state index in [4.69, 9.17) is 16.9 Å². The molecule has 18 heavy (non-hydrogen) atoms. The van der Waals surface area contributed by atoms with Crippen LogP contribution in [-0.4, -0.2) is 9.97 Å². The van der Waals surface area contributed by atoms with Crippen LogP contribution in [0.1, 0.15) is 31.0 Å². The smallest absolute Gasteiger partial charge is 0.218 e. The fraction of sp³-hybridized carbons (Fsp3) is 0.214. The molecule has 0 saturated heterocycles. The standard InChI is InChI=1S/C14H12ClN3/c1-9(2)10-3-5-11(6-4-10)13-7-12(8-16)17-14(15)18-13/h3-7,9H,1-2H3. The highest BCUT2D eigenvalue weighted by Gasteiger charge is 2.06. The van der Waals surface area contributed by atoms with Crippen molar-refractivity contribution in [1.29, 1.82) is 5.26 Å². The van der Waals surface area contributed by atoms with Crippen molar-refractivity contribution in [3.05, 3.63) is 46.9 Å². The molecular formula is C14H12ClN3. The van der Waals surface area contributed by atoms with Crippen LogP contribution in [0.5, 0.6) is 0 Å². The van der Waals surface area contributed by atoms with Gasteiger partial charge in [-0.3, -0.25) is 0 Å². The van der Waals surface area contributed by atoms with Crippen LogP contribution in [0, 0.1) is 11.3 Å². The summed E-state index contributed by atoms with van der Waals surface area (Å²) in [5.74, 6) is 0.489. The lowest BCUT2D eigenvalue weighted by atomic mass is 10.0. The monoisotopic (exact) mass is 257 g/mol. The van der Waals surface area contributed by atoms with Crippen LogP contribution in [0.3, 0.4) is 0 Å². The Balaban J connectivity index is 2.43. The Hall–Kier alpha value is -1.92. The molecule has 1 heterocycles. The van der Waals surface area contributed by atoms with E-state index in [0.717, 1.165) is 5.56 Å². The Bertz CT molecular complexity index is 597. The van der Waals surface area contributed by atoms with Gasteiger partial charge < -0.3 is 0 Å². The summed E-state index contributed by atoms with van der Waals surface area (Å²) in [6, 6.07) is 11.7. The molecule has 3 nitrogen and oxygen atoms in total. The number of nitriles is 1. The lowest BCUT2D eigenvalue weighted by Gasteiger charge is -2.06. The predicted molar refractivity (Wildman–Crippen MR) is 71.3 cm³/mol. The molecule has 0 radical (unpaired) electrons. The van der Waals surface area contributed by atoms with E-state index in [1.165, 1.54) is 5.56 Å². The van der Waals surface area contributed by atoms with Gasteiger partial charge in [0.2, 0.25) is 5.28 Å². The molecule has 0 unspecified atom stereocenters. The zero-order chi connectivity index (χ0) is 13.1. The number of hydrogen-bond acceptors (Lipinski definition) is 3. The van der Waals surface area contributed by atoms with Crippen molar-refractivity contribution in [1.82, 2.24) is 9.97 Å². The summed E-state index contributed by atoms with van der Waals surface area (Å²) >= 11 is 5.79. The van der Waals surface area contributed by atoms with Crippen molar-refractivity contribution in [2.24, 2.45) is 0 Å². The van der Waals surface area contributed by atoms with Gasteiger partial charge >= 0.3 is 0 Å². The third-order valence-corrected chi connectivity index (χ3v) is 2.86. The molecule has 0 fully saturated rings. The molecule has 2 aromatic rings. The van der Waals surface area contributed by atoms with Crippen molar-refractivity contribution in [2.45, 2.75) is 19.8 Å². The predicted octanol–water partition coefficient (Wildman–Crippen LogP) is 3.79. The molecule has 0 bridgehead atoms. The lowest BCUT2D eigenvalue weighted by Crippen LogP contribution is -1.92. The molecule has 0 aliphatic carbocycles. The highest BCUT2D eigenvalue weighted by atomic mass is 35.5. The summed E-state index contributed by atoms with van der Waals surface area (Å²) in [6.07, 6.45) is 0. The van der Waals surface area contributed by atoms with Gasteiger partial charge in [0, 0.05) is 11.6 Å². The molecule has 0 aliphatic heterocycles. The SMILES string of the molecule is CC(C)c1ccc(-c2cc(C#N)nc(Cl)n2)cc1. The van der Waals surface area contributed by atoms with Gasteiger partial charge in [-0.1, -0.05) is 38.1 Å². The summed E-state index contributed by atoms with van der Waals surface area (Å²) in [5, 5.41) is 8.95. The van der Waals surface area contributed by atoms with E-state index in [9.17, 15) is 0 Å². The molecule has 0 amide bonds. The van der Waals surface area contributed by atoms with E-state index in [-0.39, 0.29) is 11.0 Å². The second kappa shape index (κ2) is 5.16. The van der Waals surface area contributed by atoms with Gasteiger partial charge in [0.15, 0.2) is 0 Å². The summed E-state index contributed by atoms with van der Waals surface area (Å²) in [6.45, 7) is 4.29. The summed E-state index contributed by atoms with van der Waals surface area (Å²) < 4.78 is 0. The molecule has 0 N–H and O–H groups in total. The largest absolute Gasteiger partial charge is 0.224 e. The fourth-order valence-corrected chi connectivity index (χ4v) is 1.84. The number of rotatable bonds is 2. The highest BCUT2D eigenvalue weighted by molar-refractivity contribution is 6.28. The zero-order valence-corrected chi connectivity index (χ0v) is 10.9. The van der Waals surface area contributed by atoms with E-state index in [2.05, 4.69) is 35.9 Å². The van der Waals surface area contributed by atoms with Gasteiger partial charge in [-0.2, -0.15) is 5.26 Å². The van der Waals surface area contributed by atoms with Crippen molar-refractivity contribution < 1.29 is 0 Å². The van der Waals surface area contributed by atoms with Crippen molar-refractivity contribution in [3.8, 4) is 17.3 Å². The number of hydrogen-bond donors (Lipinski definition) is 0. The van der Waals surface area contributed by atoms with E-state index < -0.39 is 0 Å². The third-order valence-electron chi connectivity index (χ3n) is 2.69. The molecule has 0 aliphatic rings. The number of aromatic nitrogens is 2.